The molecular formula is C11H16N2S2. The molecule has 0 amide bonds. The van der Waals surface area contributed by atoms with Gasteiger partial charge in [0.15, 0.2) is 0 Å². The molecule has 0 spiro atoms. The van der Waals surface area contributed by atoms with E-state index in [9.17, 15) is 0 Å². The van der Waals surface area contributed by atoms with Crippen LogP contribution in [0, 0.1) is 0 Å². The molecule has 1 N–H and O–H groups in total. The first-order chi connectivity index (χ1) is 7.45. The fourth-order valence-electron chi connectivity index (χ4n) is 1.53. The van der Waals surface area contributed by atoms with Crippen molar-refractivity contribution in [1.29, 1.82) is 0 Å². The topological polar surface area (TPSA) is 24.9 Å². The molecule has 0 aliphatic carbocycles. The Hall–Kier alpha value is -0.190. The van der Waals surface area contributed by atoms with Crippen molar-refractivity contribution in [1.82, 2.24) is 10.3 Å². The van der Waals surface area contributed by atoms with Gasteiger partial charge in [0.25, 0.3) is 0 Å². The molecule has 1 saturated heterocycles. The predicted octanol–water partition coefficient (Wildman–Crippen LogP) is 2.02. The van der Waals surface area contributed by atoms with Crippen molar-refractivity contribution in [3.63, 3.8) is 0 Å². The van der Waals surface area contributed by atoms with Gasteiger partial charge in [-0.2, -0.15) is 23.5 Å². The van der Waals surface area contributed by atoms with Crippen molar-refractivity contribution >= 4 is 23.5 Å². The molecule has 0 aromatic carbocycles. The number of rotatable bonds is 4. The zero-order valence-corrected chi connectivity index (χ0v) is 10.3. The molecule has 2 nitrogen and oxygen atoms in total. The van der Waals surface area contributed by atoms with Crippen LogP contribution in [0.4, 0.5) is 0 Å². The molecule has 0 bridgehead atoms. The van der Waals surface area contributed by atoms with E-state index in [2.05, 4.69) is 46.0 Å². The van der Waals surface area contributed by atoms with Crippen LogP contribution in [0.1, 0.15) is 5.56 Å². The lowest BCUT2D eigenvalue weighted by Crippen LogP contribution is -2.28. The summed E-state index contributed by atoms with van der Waals surface area (Å²) in [4.78, 5) is 4.01. The van der Waals surface area contributed by atoms with Gasteiger partial charge in [-0.25, -0.2) is 0 Å². The molecule has 1 aliphatic heterocycles. The van der Waals surface area contributed by atoms with Crippen molar-refractivity contribution in [2.75, 3.05) is 23.8 Å². The fourth-order valence-corrected chi connectivity index (χ4v) is 4.18. The number of thioether (sulfide) groups is 2. The lowest BCUT2D eigenvalue weighted by Gasteiger charge is -2.21. The van der Waals surface area contributed by atoms with E-state index in [0.29, 0.717) is 0 Å². The van der Waals surface area contributed by atoms with Crippen LogP contribution < -0.4 is 5.32 Å². The first kappa shape index (κ1) is 11.3. The Morgan fingerprint density at radius 3 is 2.93 bits per heavy atom. The second-order valence-electron chi connectivity index (χ2n) is 3.55. The van der Waals surface area contributed by atoms with E-state index in [1.807, 2.05) is 12.4 Å². The van der Waals surface area contributed by atoms with Gasteiger partial charge in [-0.15, -0.1) is 0 Å². The van der Waals surface area contributed by atoms with Crippen LogP contribution in [-0.2, 0) is 6.54 Å². The molecule has 1 atom stereocenters. The second-order valence-corrected chi connectivity index (χ2v) is 6.11. The minimum Gasteiger partial charge on any atom is -0.312 e. The Bertz CT molecular complexity index is 273. The Balaban J connectivity index is 1.66. The zero-order valence-electron chi connectivity index (χ0n) is 8.69. The standard InChI is InChI=1S/C11H16N2S2/c1-3-12-4-2-10(1)7-13-8-11-9-14-5-6-15-11/h1-4,11,13H,5-9H2. The third kappa shape index (κ3) is 4.05. The molecule has 2 heterocycles. The molecule has 1 fully saturated rings. The van der Waals surface area contributed by atoms with E-state index in [1.165, 1.54) is 22.8 Å². The van der Waals surface area contributed by atoms with E-state index >= 15 is 0 Å². The van der Waals surface area contributed by atoms with Crippen LogP contribution in [0.5, 0.6) is 0 Å². The van der Waals surface area contributed by atoms with Gasteiger partial charge in [0.05, 0.1) is 0 Å². The first-order valence-corrected chi connectivity index (χ1v) is 7.44. The molecule has 2 rings (SSSR count). The molecule has 1 aliphatic rings. The molecule has 0 saturated carbocycles. The Labute approximate surface area is 99.6 Å². The van der Waals surface area contributed by atoms with Crippen LogP contribution in [-0.4, -0.2) is 34.0 Å². The molecule has 1 aromatic heterocycles. The van der Waals surface area contributed by atoms with Gasteiger partial charge in [0.1, 0.15) is 0 Å². The quantitative estimate of drug-likeness (QED) is 0.870. The number of nitrogens with zero attached hydrogens (tertiary/aromatic N) is 1. The van der Waals surface area contributed by atoms with Crippen LogP contribution >= 0.6 is 23.5 Å². The maximum absolute atomic E-state index is 4.01. The third-order valence-electron chi connectivity index (χ3n) is 2.34. The predicted molar refractivity (Wildman–Crippen MR) is 69.5 cm³/mol. The minimum atomic E-state index is 0.797. The first-order valence-electron chi connectivity index (χ1n) is 5.24. The van der Waals surface area contributed by atoms with Gasteiger partial charge in [-0.3, -0.25) is 4.98 Å². The smallest absolute Gasteiger partial charge is 0.0271 e. The summed E-state index contributed by atoms with van der Waals surface area (Å²) in [5, 5.41) is 4.31. The highest BCUT2D eigenvalue weighted by molar-refractivity contribution is 8.06. The van der Waals surface area contributed by atoms with E-state index in [1.54, 1.807) is 0 Å². The average Bonchev–Trinajstić information content (AvgIpc) is 2.32. The van der Waals surface area contributed by atoms with Crippen LogP contribution in [0.25, 0.3) is 0 Å². The number of pyridine rings is 1. The van der Waals surface area contributed by atoms with Crippen molar-refractivity contribution in [2.24, 2.45) is 0 Å². The molecule has 1 unspecified atom stereocenters. The van der Waals surface area contributed by atoms with Gasteiger partial charge >= 0.3 is 0 Å². The number of nitrogens with one attached hydrogen (secondary N) is 1. The summed E-state index contributed by atoms with van der Waals surface area (Å²) in [6.45, 7) is 2.09. The summed E-state index contributed by atoms with van der Waals surface area (Å²) in [7, 11) is 0. The average molecular weight is 240 g/mol. The molecule has 82 valence electrons. The van der Waals surface area contributed by atoms with Gasteiger partial charge in [0, 0.05) is 48.0 Å². The monoisotopic (exact) mass is 240 g/mol. The van der Waals surface area contributed by atoms with Gasteiger partial charge in [0.2, 0.25) is 0 Å². The SMILES string of the molecule is c1cc(CNCC2CSCCS2)ccn1. The molecule has 0 radical (unpaired) electrons. The van der Waals surface area contributed by atoms with Gasteiger partial charge in [-0.1, -0.05) is 0 Å². The van der Waals surface area contributed by atoms with E-state index < -0.39 is 0 Å². The molecule has 1 aromatic rings. The normalized spacial score (nSPS) is 21.5. The Morgan fingerprint density at radius 1 is 1.33 bits per heavy atom. The summed E-state index contributed by atoms with van der Waals surface area (Å²) in [5.41, 5.74) is 1.32. The lowest BCUT2D eigenvalue weighted by atomic mass is 10.3. The summed E-state index contributed by atoms with van der Waals surface area (Å²) in [6, 6.07) is 4.13. The number of hydrogen-bond donors (Lipinski definition) is 1. The van der Waals surface area contributed by atoms with Crippen molar-refractivity contribution in [2.45, 2.75) is 11.8 Å². The van der Waals surface area contributed by atoms with E-state index in [0.717, 1.165) is 18.3 Å². The molecule has 4 heteroatoms. The van der Waals surface area contributed by atoms with Crippen molar-refractivity contribution in [3.05, 3.63) is 30.1 Å². The highest BCUT2D eigenvalue weighted by Gasteiger charge is 2.13. The minimum absolute atomic E-state index is 0.797. The third-order valence-corrected chi connectivity index (χ3v) is 5.18. The number of aromatic nitrogens is 1. The van der Waals surface area contributed by atoms with Gasteiger partial charge in [-0.05, 0) is 17.7 Å². The highest BCUT2D eigenvalue weighted by Crippen LogP contribution is 2.23. The number of hydrogen-bond acceptors (Lipinski definition) is 4. The zero-order chi connectivity index (χ0) is 10.3. The van der Waals surface area contributed by atoms with Crippen LogP contribution in [0.2, 0.25) is 0 Å². The van der Waals surface area contributed by atoms with Crippen molar-refractivity contribution < 1.29 is 0 Å². The Morgan fingerprint density at radius 2 is 2.20 bits per heavy atom. The van der Waals surface area contributed by atoms with E-state index in [4.69, 9.17) is 0 Å². The summed E-state index contributed by atoms with van der Waals surface area (Å²) < 4.78 is 0. The summed E-state index contributed by atoms with van der Waals surface area (Å²) in [6.07, 6.45) is 3.70. The molecule has 15 heavy (non-hydrogen) atoms. The summed E-state index contributed by atoms with van der Waals surface area (Å²) in [5.74, 6) is 3.94. The maximum atomic E-state index is 4.01. The van der Waals surface area contributed by atoms with E-state index in [-0.39, 0.29) is 0 Å². The lowest BCUT2D eigenvalue weighted by molar-refractivity contribution is 0.685. The van der Waals surface area contributed by atoms with Crippen LogP contribution in [0.3, 0.4) is 0 Å². The fraction of sp³-hybridized carbons (Fsp3) is 0.545. The summed E-state index contributed by atoms with van der Waals surface area (Å²) >= 11 is 4.18. The largest absolute Gasteiger partial charge is 0.312 e. The second kappa shape index (κ2) is 6.40. The van der Waals surface area contributed by atoms with Crippen molar-refractivity contribution in [3.8, 4) is 0 Å². The highest BCUT2D eigenvalue weighted by atomic mass is 32.2. The maximum Gasteiger partial charge on any atom is 0.0271 e. The van der Waals surface area contributed by atoms with Crippen LogP contribution in [0.15, 0.2) is 24.5 Å². The van der Waals surface area contributed by atoms with Gasteiger partial charge < -0.3 is 5.32 Å². The molecular weight excluding hydrogens is 224 g/mol. The Kier molecular flexibility index (Phi) is 4.83.